The van der Waals surface area contributed by atoms with E-state index in [0.29, 0.717) is 12.6 Å². The predicted molar refractivity (Wildman–Crippen MR) is 124 cm³/mol. The zero-order valence-corrected chi connectivity index (χ0v) is 17.2. The van der Waals surface area contributed by atoms with Gasteiger partial charge in [0.05, 0.1) is 0 Å². The number of hydrogen-bond donors (Lipinski definition) is 0. The molecule has 0 saturated carbocycles. The van der Waals surface area contributed by atoms with Crippen LogP contribution >= 0.6 is 0 Å². The standard InChI is InChI=1S/C26H24N4/c1-19(2)23-13-6-7-14-24(23)20-9-8-12-22(17-20)30-18-29(21-10-4-3-5-11-21)25-26(30)28-16-15-27-25/h3-17,19H,18H2,1-2H3. The number of hydrogen-bond acceptors (Lipinski definition) is 4. The second-order valence-corrected chi connectivity index (χ2v) is 7.83. The number of para-hydroxylation sites is 1. The van der Waals surface area contributed by atoms with Crippen LogP contribution in [0.4, 0.5) is 23.0 Å². The smallest absolute Gasteiger partial charge is 0.178 e. The number of aromatic nitrogens is 2. The van der Waals surface area contributed by atoms with Gasteiger partial charge in [-0.15, -0.1) is 0 Å². The molecular weight excluding hydrogens is 368 g/mol. The summed E-state index contributed by atoms with van der Waals surface area (Å²) < 4.78 is 0. The quantitative estimate of drug-likeness (QED) is 0.396. The fraction of sp³-hybridized carbons (Fsp3) is 0.154. The van der Waals surface area contributed by atoms with Crippen LogP contribution in [0.15, 0.2) is 91.3 Å². The minimum Gasteiger partial charge on any atom is -0.305 e. The van der Waals surface area contributed by atoms with Crippen molar-refractivity contribution in [3.63, 3.8) is 0 Å². The Labute approximate surface area is 177 Å². The molecule has 0 bridgehead atoms. The van der Waals surface area contributed by atoms with Crippen molar-refractivity contribution >= 4 is 23.0 Å². The normalized spacial score (nSPS) is 13.0. The number of nitrogens with zero attached hydrogens (tertiary/aromatic N) is 4. The molecule has 0 radical (unpaired) electrons. The van der Waals surface area contributed by atoms with Crippen LogP contribution in [0, 0.1) is 0 Å². The van der Waals surface area contributed by atoms with E-state index in [1.807, 2.05) is 6.07 Å². The first-order chi connectivity index (χ1) is 14.7. The van der Waals surface area contributed by atoms with Crippen LogP contribution in [0.5, 0.6) is 0 Å². The fourth-order valence-corrected chi connectivity index (χ4v) is 4.10. The number of fused-ring (bicyclic) bond motifs is 1. The monoisotopic (exact) mass is 392 g/mol. The van der Waals surface area contributed by atoms with E-state index in [4.69, 9.17) is 0 Å². The molecule has 0 aliphatic carbocycles. The summed E-state index contributed by atoms with van der Waals surface area (Å²) in [7, 11) is 0. The van der Waals surface area contributed by atoms with Gasteiger partial charge >= 0.3 is 0 Å². The maximum Gasteiger partial charge on any atom is 0.178 e. The van der Waals surface area contributed by atoms with Gasteiger partial charge in [-0.25, -0.2) is 9.97 Å². The fourth-order valence-electron chi connectivity index (χ4n) is 4.10. The van der Waals surface area contributed by atoms with Crippen molar-refractivity contribution in [3.05, 3.63) is 96.8 Å². The second kappa shape index (κ2) is 7.64. The Balaban J connectivity index is 1.57. The van der Waals surface area contributed by atoms with Crippen LogP contribution in [0.3, 0.4) is 0 Å². The third kappa shape index (κ3) is 3.20. The van der Waals surface area contributed by atoms with Gasteiger partial charge in [0.25, 0.3) is 0 Å². The Morgan fingerprint density at radius 2 is 1.33 bits per heavy atom. The molecule has 1 aliphatic rings. The van der Waals surface area contributed by atoms with Crippen LogP contribution in [0.1, 0.15) is 25.3 Å². The van der Waals surface area contributed by atoms with Crippen LogP contribution in [-0.4, -0.2) is 16.6 Å². The summed E-state index contributed by atoms with van der Waals surface area (Å²) in [6.45, 7) is 5.16. The molecule has 0 amide bonds. The topological polar surface area (TPSA) is 32.3 Å². The third-order valence-electron chi connectivity index (χ3n) is 5.57. The Bertz CT molecular complexity index is 1170. The predicted octanol–water partition coefficient (Wildman–Crippen LogP) is 6.51. The lowest BCUT2D eigenvalue weighted by atomic mass is 9.92. The van der Waals surface area contributed by atoms with E-state index in [1.54, 1.807) is 12.4 Å². The first kappa shape index (κ1) is 18.4. The summed E-state index contributed by atoms with van der Waals surface area (Å²) in [5, 5.41) is 0. The zero-order chi connectivity index (χ0) is 20.5. The average Bonchev–Trinajstić information content (AvgIpc) is 3.19. The number of rotatable bonds is 4. The van der Waals surface area contributed by atoms with Gasteiger partial charge in [0.1, 0.15) is 6.67 Å². The van der Waals surface area contributed by atoms with Crippen molar-refractivity contribution < 1.29 is 0 Å². The summed E-state index contributed by atoms with van der Waals surface area (Å²) in [4.78, 5) is 13.7. The first-order valence-electron chi connectivity index (χ1n) is 10.3. The maximum absolute atomic E-state index is 4.66. The van der Waals surface area contributed by atoms with Gasteiger partial charge in [0.2, 0.25) is 0 Å². The summed E-state index contributed by atoms with van der Waals surface area (Å²) in [6, 6.07) is 27.7. The van der Waals surface area contributed by atoms with Crippen molar-refractivity contribution in [1.29, 1.82) is 0 Å². The van der Waals surface area contributed by atoms with Crippen molar-refractivity contribution in [3.8, 4) is 11.1 Å². The maximum atomic E-state index is 4.66. The molecule has 148 valence electrons. The van der Waals surface area contributed by atoms with Gasteiger partial charge in [-0.1, -0.05) is 68.4 Å². The first-order valence-corrected chi connectivity index (χ1v) is 10.3. The molecule has 0 atom stereocenters. The molecule has 30 heavy (non-hydrogen) atoms. The second-order valence-electron chi connectivity index (χ2n) is 7.83. The molecule has 0 N–H and O–H groups in total. The van der Waals surface area contributed by atoms with E-state index >= 15 is 0 Å². The zero-order valence-electron chi connectivity index (χ0n) is 17.2. The third-order valence-corrected chi connectivity index (χ3v) is 5.57. The lowest BCUT2D eigenvalue weighted by Gasteiger charge is -2.22. The van der Waals surface area contributed by atoms with Crippen molar-refractivity contribution in [2.24, 2.45) is 0 Å². The van der Waals surface area contributed by atoms with Gasteiger partial charge in [-0.05, 0) is 46.9 Å². The molecule has 0 saturated heterocycles. The molecule has 0 unspecified atom stereocenters. The van der Waals surface area contributed by atoms with E-state index in [1.165, 1.54) is 16.7 Å². The Kier molecular flexibility index (Phi) is 4.68. The van der Waals surface area contributed by atoms with E-state index < -0.39 is 0 Å². The molecule has 4 nitrogen and oxygen atoms in total. The highest BCUT2D eigenvalue weighted by molar-refractivity contribution is 5.83. The van der Waals surface area contributed by atoms with Gasteiger partial charge in [0, 0.05) is 23.8 Å². The minimum absolute atomic E-state index is 0.469. The SMILES string of the molecule is CC(C)c1ccccc1-c1cccc(N2CN(c3ccccc3)c3nccnc32)c1. The highest BCUT2D eigenvalue weighted by Gasteiger charge is 2.30. The van der Waals surface area contributed by atoms with E-state index in [9.17, 15) is 0 Å². The van der Waals surface area contributed by atoms with Crippen molar-refractivity contribution in [2.75, 3.05) is 16.5 Å². The van der Waals surface area contributed by atoms with Gasteiger partial charge in [-0.2, -0.15) is 0 Å². The molecule has 4 heteroatoms. The molecule has 5 rings (SSSR count). The number of anilines is 4. The Morgan fingerprint density at radius 1 is 0.700 bits per heavy atom. The summed E-state index contributed by atoms with van der Waals surface area (Å²) in [5.41, 5.74) is 6.10. The van der Waals surface area contributed by atoms with Crippen molar-refractivity contribution in [2.45, 2.75) is 19.8 Å². The van der Waals surface area contributed by atoms with Crippen LogP contribution in [0.25, 0.3) is 11.1 Å². The Hall–Kier alpha value is -3.66. The van der Waals surface area contributed by atoms with E-state index in [-0.39, 0.29) is 0 Å². The van der Waals surface area contributed by atoms with E-state index in [0.717, 1.165) is 23.0 Å². The molecule has 1 aromatic heterocycles. The van der Waals surface area contributed by atoms with Crippen LogP contribution < -0.4 is 9.80 Å². The van der Waals surface area contributed by atoms with Crippen molar-refractivity contribution in [1.82, 2.24) is 9.97 Å². The molecule has 0 spiro atoms. The van der Waals surface area contributed by atoms with E-state index in [2.05, 4.69) is 106 Å². The molecule has 0 fully saturated rings. The van der Waals surface area contributed by atoms with Gasteiger partial charge < -0.3 is 9.80 Å². The highest BCUT2D eigenvalue weighted by Crippen LogP contribution is 2.42. The lowest BCUT2D eigenvalue weighted by molar-refractivity contribution is 0.869. The minimum atomic E-state index is 0.469. The number of benzene rings is 3. The van der Waals surface area contributed by atoms with Gasteiger partial charge in [-0.3, -0.25) is 0 Å². The molecule has 3 aromatic carbocycles. The average molecular weight is 393 g/mol. The lowest BCUT2D eigenvalue weighted by Crippen LogP contribution is -2.24. The molecule has 4 aromatic rings. The molecular formula is C26H24N4. The summed E-state index contributed by atoms with van der Waals surface area (Å²) in [5.74, 6) is 2.24. The summed E-state index contributed by atoms with van der Waals surface area (Å²) >= 11 is 0. The Morgan fingerprint density at radius 3 is 2.07 bits per heavy atom. The van der Waals surface area contributed by atoms with Crippen LogP contribution in [-0.2, 0) is 0 Å². The van der Waals surface area contributed by atoms with Gasteiger partial charge in [0.15, 0.2) is 11.6 Å². The molecule has 1 aliphatic heterocycles. The molecule has 2 heterocycles. The van der Waals surface area contributed by atoms with Crippen LogP contribution in [0.2, 0.25) is 0 Å². The largest absolute Gasteiger partial charge is 0.305 e. The summed E-state index contributed by atoms with van der Waals surface area (Å²) in [6.07, 6.45) is 3.52. The highest BCUT2D eigenvalue weighted by atomic mass is 15.4.